The summed E-state index contributed by atoms with van der Waals surface area (Å²) in [7, 11) is 0. The summed E-state index contributed by atoms with van der Waals surface area (Å²) in [6.45, 7) is 7.24. The zero-order chi connectivity index (χ0) is 18.7. The number of carbonyl (C=O) groups excluding carboxylic acids is 2. The molecule has 1 aromatic carbocycles. The molecule has 1 amide bonds. The van der Waals surface area contributed by atoms with Crippen molar-refractivity contribution in [1.29, 1.82) is 0 Å². The number of ether oxygens (including phenoxy) is 1. The lowest BCUT2D eigenvalue weighted by Gasteiger charge is -2.17. The lowest BCUT2D eigenvalue weighted by molar-refractivity contribution is -0.128. The van der Waals surface area contributed by atoms with Gasteiger partial charge in [0.1, 0.15) is 10.9 Å². The summed E-state index contributed by atoms with van der Waals surface area (Å²) in [6, 6.07) is 7.92. The Balaban J connectivity index is 1.63. The largest absolute Gasteiger partial charge is 0.462 e. The molecule has 26 heavy (non-hydrogen) atoms. The number of nitrogens with zero attached hydrogens (tertiary/aromatic N) is 2. The Morgan fingerprint density at radius 2 is 2.08 bits per heavy atom. The number of hydrogen-bond acceptors (Lipinski definition) is 6. The zero-order valence-electron chi connectivity index (χ0n) is 15.2. The minimum Gasteiger partial charge on any atom is -0.462 e. The predicted molar refractivity (Wildman–Crippen MR) is 101 cm³/mol. The van der Waals surface area contributed by atoms with Gasteiger partial charge in [-0.05, 0) is 32.8 Å². The molecule has 0 radical (unpaired) electrons. The van der Waals surface area contributed by atoms with E-state index in [0.29, 0.717) is 35.4 Å². The second kappa shape index (κ2) is 7.86. The molecule has 7 heteroatoms. The molecule has 1 N–H and O–H groups in total. The molecule has 1 aliphatic heterocycles. The van der Waals surface area contributed by atoms with E-state index < -0.39 is 0 Å². The molecule has 2 aromatic rings. The van der Waals surface area contributed by atoms with Crippen molar-refractivity contribution in [3.05, 3.63) is 46.0 Å². The van der Waals surface area contributed by atoms with Crippen LogP contribution in [0.1, 0.15) is 39.8 Å². The van der Waals surface area contributed by atoms with Gasteiger partial charge in [0.15, 0.2) is 5.13 Å². The van der Waals surface area contributed by atoms with Gasteiger partial charge in [0.2, 0.25) is 5.91 Å². The number of aromatic nitrogens is 1. The summed E-state index contributed by atoms with van der Waals surface area (Å²) in [6.07, 6.45) is 0.720. The first-order valence-corrected chi connectivity index (χ1v) is 9.55. The molecule has 1 unspecified atom stereocenters. The van der Waals surface area contributed by atoms with E-state index in [1.807, 2.05) is 11.8 Å². The molecule has 2 heterocycles. The van der Waals surface area contributed by atoms with Crippen molar-refractivity contribution in [2.75, 3.05) is 18.5 Å². The second-order valence-electron chi connectivity index (χ2n) is 6.39. The van der Waals surface area contributed by atoms with Crippen LogP contribution in [-0.4, -0.2) is 41.0 Å². The Kier molecular flexibility index (Phi) is 5.56. The minimum atomic E-state index is -0.366. The van der Waals surface area contributed by atoms with E-state index in [1.165, 1.54) is 16.9 Å². The third kappa shape index (κ3) is 4.04. The molecule has 0 spiro atoms. The average Bonchev–Trinajstić information content (AvgIpc) is 3.14. The number of rotatable bonds is 6. The molecule has 1 atom stereocenters. The number of nitrogens with one attached hydrogen (secondary N) is 1. The number of hydrogen-bond donors (Lipinski definition) is 1. The molecule has 1 aromatic heterocycles. The van der Waals surface area contributed by atoms with Gasteiger partial charge in [-0.1, -0.05) is 41.2 Å². The normalized spacial score (nSPS) is 16.8. The first-order valence-electron chi connectivity index (χ1n) is 8.73. The van der Waals surface area contributed by atoms with E-state index in [-0.39, 0.29) is 17.9 Å². The van der Waals surface area contributed by atoms with Crippen LogP contribution < -0.4 is 5.32 Å². The van der Waals surface area contributed by atoms with Crippen molar-refractivity contribution in [3.63, 3.8) is 0 Å². The van der Waals surface area contributed by atoms with E-state index in [0.717, 1.165) is 12.0 Å². The van der Waals surface area contributed by atoms with E-state index in [4.69, 9.17) is 4.74 Å². The summed E-state index contributed by atoms with van der Waals surface area (Å²) in [4.78, 5) is 31.3. The number of aryl methyl sites for hydroxylation is 2. The summed E-state index contributed by atoms with van der Waals surface area (Å²) >= 11 is 1.24. The van der Waals surface area contributed by atoms with Crippen LogP contribution in [0.15, 0.2) is 24.3 Å². The third-order valence-corrected chi connectivity index (χ3v) is 5.42. The zero-order valence-corrected chi connectivity index (χ0v) is 16.1. The smallest absolute Gasteiger partial charge is 0.350 e. The molecular weight excluding hydrogens is 350 g/mol. The monoisotopic (exact) mass is 373 g/mol. The van der Waals surface area contributed by atoms with Crippen molar-refractivity contribution in [2.45, 2.75) is 39.8 Å². The van der Waals surface area contributed by atoms with Gasteiger partial charge in [0.05, 0.1) is 12.3 Å². The summed E-state index contributed by atoms with van der Waals surface area (Å²) < 4.78 is 5.03. The van der Waals surface area contributed by atoms with Crippen LogP contribution in [-0.2, 0) is 16.1 Å². The van der Waals surface area contributed by atoms with Crippen molar-refractivity contribution in [1.82, 2.24) is 9.88 Å². The van der Waals surface area contributed by atoms with Crippen LogP contribution in [0.2, 0.25) is 0 Å². The Labute approximate surface area is 157 Å². The number of esters is 1. The van der Waals surface area contributed by atoms with Gasteiger partial charge in [-0.25, -0.2) is 9.78 Å². The maximum absolute atomic E-state index is 12.7. The fourth-order valence-corrected chi connectivity index (χ4v) is 3.85. The van der Waals surface area contributed by atoms with Crippen LogP contribution >= 0.6 is 11.3 Å². The van der Waals surface area contributed by atoms with Crippen molar-refractivity contribution in [3.8, 4) is 0 Å². The first-order chi connectivity index (χ1) is 12.5. The van der Waals surface area contributed by atoms with Gasteiger partial charge in [-0.15, -0.1) is 0 Å². The van der Waals surface area contributed by atoms with Crippen molar-refractivity contribution >= 4 is 28.3 Å². The fourth-order valence-electron chi connectivity index (χ4n) is 2.94. The fraction of sp³-hybridized carbons (Fsp3) is 0.421. The number of benzene rings is 1. The molecule has 3 rings (SSSR count). The quantitative estimate of drug-likeness (QED) is 0.788. The molecule has 1 saturated heterocycles. The highest BCUT2D eigenvalue weighted by molar-refractivity contribution is 7.17. The third-order valence-electron chi connectivity index (χ3n) is 4.35. The van der Waals surface area contributed by atoms with Crippen molar-refractivity contribution in [2.24, 2.45) is 0 Å². The van der Waals surface area contributed by atoms with Crippen LogP contribution in [0, 0.1) is 13.8 Å². The van der Waals surface area contributed by atoms with Gasteiger partial charge in [0, 0.05) is 13.1 Å². The molecule has 0 saturated carbocycles. The maximum atomic E-state index is 12.7. The number of thiazole rings is 1. The standard InChI is InChI=1S/C19H23N3O3S/c1-4-25-18(24)16-13(3)20-19(26-16)21-15-9-10-22(17(15)23)11-14-7-5-12(2)6-8-14/h5-8,15H,4,9-11H2,1-3H3,(H,20,21). The number of likely N-dealkylation sites (tertiary alicyclic amines) is 1. The van der Waals surface area contributed by atoms with Crippen LogP contribution in [0.3, 0.4) is 0 Å². The predicted octanol–water partition coefficient (Wildman–Crippen LogP) is 3.15. The molecule has 0 bridgehead atoms. The summed E-state index contributed by atoms with van der Waals surface area (Å²) in [5.74, 6) is -0.301. The van der Waals surface area contributed by atoms with E-state index in [2.05, 4.69) is 34.6 Å². The molecule has 1 aliphatic rings. The lowest BCUT2D eigenvalue weighted by Crippen LogP contribution is -2.33. The highest BCUT2D eigenvalue weighted by Crippen LogP contribution is 2.26. The van der Waals surface area contributed by atoms with Crippen LogP contribution in [0.4, 0.5) is 5.13 Å². The van der Waals surface area contributed by atoms with E-state index in [9.17, 15) is 9.59 Å². The van der Waals surface area contributed by atoms with Gasteiger partial charge >= 0.3 is 5.97 Å². The first kappa shape index (κ1) is 18.4. The molecule has 1 fully saturated rings. The second-order valence-corrected chi connectivity index (χ2v) is 7.38. The Morgan fingerprint density at radius 1 is 1.35 bits per heavy atom. The van der Waals surface area contributed by atoms with Gasteiger partial charge in [0.25, 0.3) is 0 Å². The summed E-state index contributed by atoms with van der Waals surface area (Å²) in [5.41, 5.74) is 2.95. The number of amides is 1. The molecule has 6 nitrogen and oxygen atoms in total. The van der Waals surface area contributed by atoms with Gasteiger partial charge < -0.3 is 15.0 Å². The van der Waals surface area contributed by atoms with Gasteiger partial charge in [-0.3, -0.25) is 4.79 Å². The number of anilines is 1. The highest BCUT2D eigenvalue weighted by Gasteiger charge is 2.32. The molecular formula is C19H23N3O3S. The average molecular weight is 373 g/mol. The Hall–Kier alpha value is -2.41. The Morgan fingerprint density at radius 3 is 2.77 bits per heavy atom. The summed E-state index contributed by atoms with van der Waals surface area (Å²) in [5, 5.41) is 3.77. The minimum absolute atomic E-state index is 0.0658. The maximum Gasteiger partial charge on any atom is 0.350 e. The SMILES string of the molecule is CCOC(=O)c1sc(NC2CCN(Cc3ccc(C)cc3)C2=O)nc1C. The Bertz CT molecular complexity index is 801. The lowest BCUT2D eigenvalue weighted by atomic mass is 10.1. The molecule has 0 aliphatic carbocycles. The van der Waals surface area contributed by atoms with Crippen molar-refractivity contribution < 1.29 is 14.3 Å². The van der Waals surface area contributed by atoms with Crippen LogP contribution in [0.25, 0.3) is 0 Å². The van der Waals surface area contributed by atoms with Crippen LogP contribution in [0.5, 0.6) is 0 Å². The van der Waals surface area contributed by atoms with E-state index >= 15 is 0 Å². The topological polar surface area (TPSA) is 71.5 Å². The molecule has 138 valence electrons. The van der Waals surface area contributed by atoms with Gasteiger partial charge in [-0.2, -0.15) is 0 Å². The van der Waals surface area contributed by atoms with E-state index in [1.54, 1.807) is 13.8 Å². The number of carbonyl (C=O) groups is 2. The highest BCUT2D eigenvalue weighted by atomic mass is 32.1.